The largest absolute Gasteiger partial charge is 0.378 e. The molecule has 0 spiro atoms. The van der Waals surface area contributed by atoms with Crippen LogP contribution in [0.4, 0.5) is 0 Å². The number of hydrogen-bond acceptors (Lipinski definition) is 4. The van der Waals surface area contributed by atoms with Crippen LogP contribution in [-0.2, 0) is 14.3 Å². The summed E-state index contributed by atoms with van der Waals surface area (Å²) in [5.41, 5.74) is 0. The predicted molar refractivity (Wildman–Crippen MR) is 59.1 cm³/mol. The topological polar surface area (TPSA) is 59.6 Å². The summed E-state index contributed by atoms with van der Waals surface area (Å²) in [5, 5.41) is 6.26. The first-order chi connectivity index (χ1) is 7.75. The molecular formula is C11H20N2O3. The zero-order valence-corrected chi connectivity index (χ0v) is 9.70. The predicted octanol–water partition coefficient (Wildman–Crippen LogP) is -0.484. The van der Waals surface area contributed by atoms with Crippen LogP contribution in [0.3, 0.4) is 0 Å². The first kappa shape index (κ1) is 11.8. The third-order valence-electron chi connectivity index (χ3n) is 3.09. The number of carbonyl (C=O) groups is 1. The molecule has 0 aliphatic carbocycles. The summed E-state index contributed by atoms with van der Waals surface area (Å²) in [6.45, 7) is 5.51. The van der Waals surface area contributed by atoms with Gasteiger partial charge in [0, 0.05) is 19.1 Å². The average molecular weight is 228 g/mol. The van der Waals surface area contributed by atoms with Crippen molar-refractivity contribution in [1.29, 1.82) is 0 Å². The van der Waals surface area contributed by atoms with Crippen molar-refractivity contribution in [2.24, 2.45) is 5.92 Å². The fraction of sp³-hybridized carbons (Fsp3) is 0.909. The highest BCUT2D eigenvalue weighted by Crippen LogP contribution is 2.18. The van der Waals surface area contributed by atoms with Crippen LogP contribution in [0.25, 0.3) is 0 Å². The molecule has 2 saturated heterocycles. The summed E-state index contributed by atoms with van der Waals surface area (Å²) in [6.07, 6.45) is 1.05. The van der Waals surface area contributed by atoms with Gasteiger partial charge in [0.1, 0.15) is 0 Å². The molecule has 5 nitrogen and oxygen atoms in total. The number of rotatable bonds is 3. The highest BCUT2D eigenvalue weighted by atomic mass is 16.5. The Hall–Kier alpha value is -0.650. The van der Waals surface area contributed by atoms with Crippen LogP contribution in [-0.4, -0.2) is 51.0 Å². The third-order valence-corrected chi connectivity index (χ3v) is 3.09. The van der Waals surface area contributed by atoms with Gasteiger partial charge in [-0.05, 0) is 13.3 Å². The summed E-state index contributed by atoms with van der Waals surface area (Å²) in [5.74, 6) is 0.135. The molecule has 0 aromatic heterocycles. The maximum Gasteiger partial charge on any atom is 0.225 e. The van der Waals surface area contributed by atoms with Gasteiger partial charge in [-0.15, -0.1) is 0 Å². The van der Waals surface area contributed by atoms with Crippen molar-refractivity contribution >= 4 is 5.91 Å². The zero-order valence-electron chi connectivity index (χ0n) is 9.70. The number of morpholine rings is 1. The molecule has 0 bridgehead atoms. The number of hydrogen-bond donors (Lipinski definition) is 2. The van der Waals surface area contributed by atoms with Gasteiger partial charge in [-0.1, -0.05) is 0 Å². The normalized spacial score (nSPS) is 34.9. The summed E-state index contributed by atoms with van der Waals surface area (Å²) < 4.78 is 10.7. The van der Waals surface area contributed by atoms with Crippen molar-refractivity contribution in [3.05, 3.63) is 0 Å². The second-order valence-electron chi connectivity index (χ2n) is 4.55. The highest BCUT2D eigenvalue weighted by molar-refractivity contribution is 5.79. The van der Waals surface area contributed by atoms with Crippen LogP contribution >= 0.6 is 0 Å². The Balaban J connectivity index is 1.67. The second kappa shape index (κ2) is 5.61. The van der Waals surface area contributed by atoms with Crippen molar-refractivity contribution in [1.82, 2.24) is 10.6 Å². The molecule has 2 aliphatic rings. The average Bonchev–Trinajstić information content (AvgIpc) is 2.74. The van der Waals surface area contributed by atoms with Crippen LogP contribution in [0.1, 0.15) is 13.3 Å². The van der Waals surface area contributed by atoms with Gasteiger partial charge in [-0.25, -0.2) is 0 Å². The molecule has 0 radical (unpaired) electrons. The minimum atomic E-state index is 0.0273. The van der Waals surface area contributed by atoms with Gasteiger partial charge in [0.2, 0.25) is 5.91 Å². The lowest BCUT2D eigenvalue weighted by Gasteiger charge is -2.24. The van der Waals surface area contributed by atoms with E-state index in [4.69, 9.17) is 9.47 Å². The number of nitrogens with one attached hydrogen (secondary N) is 2. The molecule has 5 heteroatoms. The summed E-state index contributed by atoms with van der Waals surface area (Å²) in [7, 11) is 0. The Morgan fingerprint density at radius 2 is 2.38 bits per heavy atom. The first-order valence-electron chi connectivity index (χ1n) is 5.96. The standard InChI is InChI=1S/C11H20N2O3/c1-8-4-9(6-16-8)11(14)13-5-10-7-15-3-2-12-10/h8-10,12H,2-7H2,1H3,(H,13,14). The quantitative estimate of drug-likeness (QED) is 0.685. The Morgan fingerprint density at radius 3 is 3.00 bits per heavy atom. The smallest absolute Gasteiger partial charge is 0.225 e. The Kier molecular flexibility index (Phi) is 4.15. The van der Waals surface area contributed by atoms with E-state index in [-0.39, 0.29) is 24.0 Å². The van der Waals surface area contributed by atoms with Gasteiger partial charge in [0.15, 0.2) is 0 Å². The SMILES string of the molecule is CC1CC(C(=O)NCC2COCCN2)CO1. The highest BCUT2D eigenvalue weighted by Gasteiger charge is 2.28. The van der Waals surface area contributed by atoms with E-state index in [0.717, 1.165) is 19.6 Å². The number of amides is 1. The maximum absolute atomic E-state index is 11.8. The Bertz CT molecular complexity index is 241. The van der Waals surface area contributed by atoms with Gasteiger partial charge < -0.3 is 20.1 Å². The van der Waals surface area contributed by atoms with Crippen molar-refractivity contribution in [3.8, 4) is 0 Å². The van der Waals surface area contributed by atoms with Crippen molar-refractivity contribution < 1.29 is 14.3 Å². The summed E-state index contributed by atoms with van der Waals surface area (Å²) in [6, 6.07) is 0.248. The molecule has 3 atom stereocenters. The van der Waals surface area contributed by atoms with E-state index >= 15 is 0 Å². The van der Waals surface area contributed by atoms with Gasteiger partial charge in [0.05, 0.1) is 31.8 Å². The lowest BCUT2D eigenvalue weighted by Crippen LogP contribution is -2.49. The van der Waals surface area contributed by atoms with Crippen LogP contribution in [0, 0.1) is 5.92 Å². The molecule has 2 rings (SSSR count). The van der Waals surface area contributed by atoms with Crippen LogP contribution < -0.4 is 10.6 Å². The van der Waals surface area contributed by atoms with Crippen LogP contribution in [0.2, 0.25) is 0 Å². The molecule has 3 unspecified atom stereocenters. The molecular weight excluding hydrogens is 208 g/mol. The van der Waals surface area contributed by atoms with E-state index in [9.17, 15) is 4.79 Å². The maximum atomic E-state index is 11.8. The van der Waals surface area contributed by atoms with Crippen molar-refractivity contribution in [2.75, 3.05) is 32.9 Å². The van der Waals surface area contributed by atoms with Gasteiger partial charge in [-0.2, -0.15) is 0 Å². The summed E-state index contributed by atoms with van der Waals surface area (Å²) >= 11 is 0. The van der Waals surface area contributed by atoms with E-state index < -0.39 is 0 Å². The molecule has 16 heavy (non-hydrogen) atoms. The monoisotopic (exact) mass is 228 g/mol. The van der Waals surface area contributed by atoms with Gasteiger partial charge in [0.25, 0.3) is 0 Å². The Morgan fingerprint density at radius 1 is 1.50 bits per heavy atom. The van der Waals surface area contributed by atoms with E-state index in [1.54, 1.807) is 0 Å². The van der Waals surface area contributed by atoms with Crippen molar-refractivity contribution in [3.63, 3.8) is 0 Å². The van der Waals surface area contributed by atoms with Gasteiger partial charge >= 0.3 is 0 Å². The molecule has 0 aromatic carbocycles. The van der Waals surface area contributed by atoms with E-state index in [1.807, 2.05) is 6.92 Å². The lowest BCUT2D eigenvalue weighted by atomic mass is 10.1. The Labute approximate surface area is 95.9 Å². The molecule has 1 amide bonds. The third kappa shape index (κ3) is 3.17. The second-order valence-corrected chi connectivity index (χ2v) is 4.55. The van der Waals surface area contributed by atoms with Crippen LogP contribution in [0.15, 0.2) is 0 Å². The molecule has 92 valence electrons. The van der Waals surface area contributed by atoms with Crippen molar-refractivity contribution in [2.45, 2.75) is 25.5 Å². The minimum Gasteiger partial charge on any atom is -0.378 e. The van der Waals surface area contributed by atoms with E-state index in [0.29, 0.717) is 19.8 Å². The van der Waals surface area contributed by atoms with E-state index in [2.05, 4.69) is 10.6 Å². The van der Waals surface area contributed by atoms with Gasteiger partial charge in [-0.3, -0.25) is 4.79 Å². The molecule has 2 aliphatic heterocycles. The summed E-state index contributed by atoms with van der Waals surface area (Å²) in [4.78, 5) is 11.8. The molecule has 0 aromatic rings. The fourth-order valence-corrected chi connectivity index (χ4v) is 2.12. The number of ether oxygens (including phenoxy) is 2. The lowest BCUT2D eigenvalue weighted by molar-refractivity contribution is -0.125. The molecule has 2 fully saturated rings. The molecule has 2 N–H and O–H groups in total. The van der Waals surface area contributed by atoms with E-state index in [1.165, 1.54) is 0 Å². The van der Waals surface area contributed by atoms with Crippen LogP contribution in [0.5, 0.6) is 0 Å². The first-order valence-corrected chi connectivity index (χ1v) is 5.96. The zero-order chi connectivity index (χ0) is 11.4. The minimum absolute atomic E-state index is 0.0273. The fourth-order valence-electron chi connectivity index (χ4n) is 2.12. The molecule has 0 saturated carbocycles. The molecule has 2 heterocycles. The number of carbonyl (C=O) groups excluding carboxylic acids is 1.